The van der Waals surface area contributed by atoms with Gasteiger partial charge in [-0.05, 0) is 6.07 Å². The number of aromatic nitrogens is 1. The molecule has 0 fully saturated rings. The zero-order valence-electron chi connectivity index (χ0n) is 7.44. The number of benzene rings is 1. The van der Waals surface area contributed by atoms with Gasteiger partial charge in [0.05, 0.1) is 25.6 Å². The van der Waals surface area contributed by atoms with Gasteiger partial charge in [0.2, 0.25) is 5.75 Å². The van der Waals surface area contributed by atoms with E-state index in [2.05, 4.69) is 4.98 Å². The van der Waals surface area contributed by atoms with Gasteiger partial charge in [0.1, 0.15) is 0 Å². The molecule has 0 atom stereocenters. The molecule has 0 amide bonds. The van der Waals surface area contributed by atoms with Crippen LogP contribution in [0.15, 0.2) is 10.9 Å². The molecule has 0 spiro atoms. The second kappa shape index (κ2) is 4.00. The summed E-state index contributed by atoms with van der Waals surface area (Å²) in [6.07, 6.45) is 0. The number of hydrogen-bond donors (Lipinski definition) is 2. The summed E-state index contributed by atoms with van der Waals surface area (Å²) in [4.78, 5) is 13.6. The van der Waals surface area contributed by atoms with Gasteiger partial charge in [-0.15, -0.1) is 0 Å². The van der Waals surface area contributed by atoms with Crippen LogP contribution in [0.1, 0.15) is 0 Å². The summed E-state index contributed by atoms with van der Waals surface area (Å²) in [6.45, 7) is 0. The zero-order valence-corrected chi connectivity index (χ0v) is 10.5. The van der Waals surface area contributed by atoms with Crippen LogP contribution in [0.25, 0.3) is 10.9 Å². The monoisotopic (exact) mass is 297 g/mol. The number of rotatable bonds is 0. The molecule has 1 aromatic carbocycles. The van der Waals surface area contributed by atoms with Crippen molar-refractivity contribution in [2.24, 2.45) is 0 Å². The number of hydrogen-bond acceptors (Lipinski definition) is 2. The van der Waals surface area contributed by atoms with Crippen molar-refractivity contribution in [2.75, 3.05) is 0 Å². The largest absolute Gasteiger partial charge is 0.502 e. The Morgan fingerprint density at radius 1 is 1.06 bits per heavy atom. The van der Waals surface area contributed by atoms with Gasteiger partial charge >= 0.3 is 0 Å². The lowest BCUT2D eigenvalue weighted by Gasteiger charge is -2.07. The van der Waals surface area contributed by atoms with Gasteiger partial charge in [0, 0.05) is 5.39 Å². The van der Waals surface area contributed by atoms with Gasteiger partial charge < -0.3 is 10.1 Å². The average Bonchev–Trinajstić information content (AvgIpc) is 2.23. The number of fused-ring (bicyclic) bond motifs is 1. The molecule has 0 saturated heterocycles. The molecule has 0 aliphatic heterocycles. The highest BCUT2D eigenvalue weighted by atomic mass is 35.5. The van der Waals surface area contributed by atoms with Crippen molar-refractivity contribution >= 4 is 57.3 Å². The summed E-state index contributed by atoms with van der Waals surface area (Å²) in [6, 6.07) is 1.41. The molecule has 2 rings (SSSR count). The molecular formula is C9H3Cl4NO2. The van der Waals surface area contributed by atoms with E-state index in [-0.39, 0.29) is 25.5 Å². The Balaban J connectivity index is 3.09. The van der Waals surface area contributed by atoms with Crippen molar-refractivity contribution < 1.29 is 5.11 Å². The predicted molar refractivity (Wildman–Crippen MR) is 66.3 cm³/mol. The molecule has 0 saturated carbocycles. The third-order valence-corrected chi connectivity index (χ3v) is 3.68. The number of halogens is 4. The van der Waals surface area contributed by atoms with Gasteiger partial charge in [-0.2, -0.15) is 0 Å². The molecule has 0 bridgehead atoms. The van der Waals surface area contributed by atoms with Crippen LogP contribution in [0.5, 0.6) is 5.75 Å². The highest BCUT2D eigenvalue weighted by molar-refractivity contribution is 6.52. The average molecular weight is 299 g/mol. The van der Waals surface area contributed by atoms with Crippen molar-refractivity contribution in [3.05, 3.63) is 36.5 Å². The Bertz CT molecular complexity index is 650. The molecule has 84 valence electrons. The Kier molecular flexibility index (Phi) is 2.97. The number of aromatic hydroxyl groups is 1. The van der Waals surface area contributed by atoms with E-state index >= 15 is 0 Å². The van der Waals surface area contributed by atoms with Crippen LogP contribution in [0.3, 0.4) is 0 Å². The molecule has 0 aliphatic rings. The molecule has 0 radical (unpaired) electrons. The van der Waals surface area contributed by atoms with E-state index in [9.17, 15) is 9.90 Å². The first kappa shape index (κ1) is 11.9. The first-order valence-corrected chi connectivity index (χ1v) is 5.52. The van der Waals surface area contributed by atoms with Crippen LogP contribution in [0, 0.1) is 0 Å². The smallest absolute Gasteiger partial charge is 0.292 e. The Morgan fingerprint density at radius 2 is 1.69 bits per heavy atom. The minimum atomic E-state index is -0.716. The Labute approximate surface area is 110 Å². The molecule has 0 aliphatic carbocycles. The minimum absolute atomic E-state index is 0.0840. The number of aromatic amines is 1. The molecular weight excluding hydrogens is 296 g/mol. The van der Waals surface area contributed by atoms with Crippen LogP contribution in [0.4, 0.5) is 0 Å². The van der Waals surface area contributed by atoms with Gasteiger partial charge in [-0.1, -0.05) is 46.4 Å². The third-order valence-electron chi connectivity index (χ3n) is 2.05. The first-order chi connectivity index (χ1) is 7.43. The molecule has 2 aromatic rings. The van der Waals surface area contributed by atoms with Crippen molar-refractivity contribution in [1.29, 1.82) is 0 Å². The van der Waals surface area contributed by atoms with Gasteiger partial charge in [0.25, 0.3) is 5.56 Å². The quantitative estimate of drug-likeness (QED) is 0.726. The van der Waals surface area contributed by atoms with E-state index in [0.717, 1.165) is 0 Å². The minimum Gasteiger partial charge on any atom is -0.502 e. The van der Waals surface area contributed by atoms with Crippen molar-refractivity contribution in [2.45, 2.75) is 0 Å². The zero-order chi connectivity index (χ0) is 12.0. The fourth-order valence-corrected chi connectivity index (χ4v) is 2.34. The molecule has 7 heteroatoms. The van der Waals surface area contributed by atoms with E-state index in [0.29, 0.717) is 5.52 Å². The fourth-order valence-electron chi connectivity index (χ4n) is 1.31. The predicted octanol–water partition coefficient (Wildman–Crippen LogP) is 3.85. The van der Waals surface area contributed by atoms with Crippen LogP contribution in [-0.2, 0) is 0 Å². The van der Waals surface area contributed by atoms with Crippen LogP contribution >= 0.6 is 46.4 Å². The number of H-pyrrole nitrogens is 1. The molecule has 0 unspecified atom stereocenters. The summed E-state index contributed by atoms with van der Waals surface area (Å²) < 4.78 is 0. The standard InChI is InChI=1S/C9H3Cl4NO2/c10-2-1-3-4(6(12)5(2)11)7(13)8(15)9(16)14-3/h1,15H,(H,14,16). The maximum atomic E-state index is 11.3. The van der Waals surface area contributed by atoms with Crippen LogP contribution < -0.4 is 5.56 Å². The summed E-state index contributed by atoms with van der Waals surface area (Å²) in [5.41, 5.74) is -0.404. The fraction of sp³-hybridized carbons (Fsp3) is 0. The summed E-state index contributed by atoms with van der Waals surface area (Å²) in [5.74, 6) is -0.602. The molecule has 1 aromatic heterocycles. The highest BCUT2D eigenvalue weighted by Gasteiger charge is 2.16. The second-order valence-electron chi connectivity index (χ2n) is 3.03. The highest BCUT2D eigenvalue weighted by Crippen LogP contribution is 2.40. The van der Waals surface area contributed by atoms with E-state index in [1.54, 1.807) is 0 Å². The van der Waals surface area contributed by atoms with E-state index < -0.39 is 11.3 Å². The van der Waals surface area contributed by atoms with Gasteiger partial charge in [-0.25, -0.2) is 0 Å². The number of nitrogens with one attached hydrogen (secondary N) is 1. The summed E-state index contributed by atoms with van der Waals surface area (Å²) >= 11 is 23.3. The molecule has 16 heavy (non-hydrogen) atoms. The van der Waals surface area contributed by atoms with E-state index in [1.807, 2.05) is 0 Å². The first-order valence-electron chi connectivity index (χ1n) is 4.01. The van der Waals surface area contributed by atoms with Gasteiger partial charge in [-0.3, -0.25) is 4.79 Å². The Hall–Kier alpha value is -0.610. The lowest BCUT2D eigenvalue weighted by atomic mass is 10.2. The normalized spacial score (nSPS) is 11.0. The second-order valence-corrected chi connectivity index (χ2v) is 4.57. The SMILES string of the molecule is O=c1[nH]c2cc(Cl)c(Cl)c(Cl)c2c(Cl)c1O. The lowest BCUT2D eigenvalue weighted by Crippen LogP contribution is -2.05. The van der Waals surface area contributed by atoms with Gasteiger partial charge in [0.15, 0.2) is 0 Å². The molecule has 2 N–H and O–H groups in total. The molecule has 3 nitrogen and oxygen atoms in total. The van der Waals surface area contributed by atoms with E-state index in [4.69, 9.17) is 46.4 Å². The summed E-state index contributed by atoms with van der Waals surface area (Å²) in [5, 5.41) is 9.88. The van der Waals surface area contributed by atoms with Crippen molar-refractivity contribution in [1.82, 2.24) is 4.98 Å². The Morgan fingerprint density at radius 3 is 2.31 bits per heavy atom. The third kappa shape index (κ3) is 1.64. The maximum Gasteiger partial charge on any atom is 0.292 e. The summed E-state index contributed by atoms with van der Waals surface area (Å²) in [7, 11) is 0. The van der Waals surface area contributed by atoms with Crippen molar-refractivity contribution in [3.8, 4) is 5.75 Å². The van der Waals surface area contributed by atoms with E-state index in [1.165, 1.54) is 6.07 Å². The van der Waals surface area contributed by atoms with Crippen LogP contribution in [-0.4, -0.2) is 10.1 Å². The lowest BCUT2D eigenvalue weighted by molar-refractivity contribution is 0.468. The number of pyridine rings is 1. The van der Waals surface area contributed by atoms with Crippen molar-refractivity contribution in [3.63, 3.8) is 0 Å². The van der Waals surface area contributed by atoms with Crippen LogP contribution in [0.2, 0.25) is 20.1 Å². The maximum absolute atomic E-state index is 11.3. The topological polar surface area (TPSA) is 53.1 Å². The molecule has 1 heterocycles.